The summed E-state index contributed by atoms with van der Waals surface area (Å²) in [5, 5.41) is 3.07. The van der Waals surface area contributed by atoms with Crippen LogP contribution in [0, 0.1) is 5.82 Å². The Balaban J connectivity index is 2.62. The molecule has 0 amide bonds. The first-order chi connectivity index (χ1) is 8.69. The first kappa shape index (κ1) is 14.8. The normalized spacial score (nSPS) is 10.2. The molecule has 0 spiro atoms. The van der Waals surface area contributed by atoms with E-state index < -0.39 is 5.97 Å². The number of halogens is 1. The predicted octanol–water partition coefficient (Wildman–Crippen LogP) is 3.17. The molecule has 0 aliphatic heterocycles. The number of hydrogen-bond donors (Lipinski definition) is 1. The molecule has 0 aromatic heterocycles. The van der Waals surface area contributed by atoms with Crippen LogP contribution in [0.1, 0.15) is 23.7 Å². The monoisotopic (exact) mass is 271 g/mol. The van der Waals surface area contributed by atoms with Crippen molar-refractivity contribution in [1.82, 2.24) is 0 Å². The molecule has 18 heavy (non-hydrogen) atoms. The Bertz CT molecular complexity index is 399. The SMILES string of the molecule is CCSCCCNc1cc(F)ccc1C(=O)OC. The van der Waals surface area contributed by atoms with E-state index in [2.05, 4.69) is 17.0 Å². The van der Waals surface area contributed by atoms with Gasteiger partial charge in [-0.25, -0.2) is 9.18 Å². The van der Waals surface area contributed by atoms with Crippen LogP contribution in [0.2, 0.25) is 0 Å². The lowest BCUT2D eigenvalue weighted by molar-refractivity contribution is 0.0602. The fourth-order valence-electron chi connectivity index (χ4n) is 1.49. The number of carbonyl (C=O) groups excluding carboxylic acids is 1. The van der Waals surface area contributed by atoms with Crippen LogP contribution in [0.25, 0.3) is 0 Å². The molecule has 0 unspecified atom stereocenters. The van der Waals surface area contributed by atoms with Crippen LogP contribution in [-0.4, -0.2) is 31.1 Å². The fraction of sp³-hybridized carbons (Fsp3) is 0.462. The molecule has 3 nitrogen and oxygen atoms in total. The molecule has 5 heteroatoms. The van der Waals surface area contributed by atoms with Crippen LogP contribution in [0.5, 0.6) is 0 Å². The van der Waals surface area contributed by atoms with Crippen molar-refractivity contribution < 1.29 is 13.9 Å². The Morgan fingerprint density at radius 2 is 2.28 bits per heavy atom. The summed E-state index contributed by atoms with van der Waals surface area (Å²) in [4.78, 5) is 11.5. The largest absolute Gasteiger partial charge is 0.465 e. The number of rotatable bonds is 7. The third-order valence-electron chi connectivity index (χ3n) is 2.37. The van der Waals surface area contributed by atoms with Gasteiger partial charge in [-0.05, 0) is 36.1 Å². The van der Waals surface area contributed by atoms with Gasteiger partial charge in [-0.15, -0.1) is 0 Å². The quantitative estimate of drug-likeness (QED) is 0.610. The summed E-state index contributed by atoms with van der Waals surface area (Å²) >= 11 is 1.86. The maximum atomic E-state index is 13.1. The van der Waals surface area contributed by atoms with E-state index in [-0.39, 0.29) is 5.82 Å². The maximum Gasteiger partial charge on any atom is 0.339 e. The number of anilines is 1. The molecule has 100 valence electrons. The highest BCUT2D eigenvalue weighted by molar-refractivity contribution is 7.99. The minimum atomic E-state index is -0.458. The fourth-order valence-corrected chi connectivity index (χ4v) is 2.13. The summed E-state index contributed by atoms with van der Waals surface area (Å²) < 4.78 is 17.8. The minimum absolute atomic E-state index is 0.363. The van der Waals surface area contributed by atoms with Gasteiger partial charge in [-0.3, -0.25) is 0 Å². The average molecular weight is 271 g/mol. The third kappa shape index (κ3) is 4.56. The Morgan fingerprint density at radius 3 is 2.94 bits per heavy atom. The van der Waals surface area contributed by atoms with Crippen LogP contribution in [0.3, 0.4) is 0 Å². The van der Waals surface area contributed by atoms with Crippen molar-refractivity contribution in [2.24, 2.45) is 0 Å². The lowest BCUT2D eigenvalue weighted by atomic mass is 10.1. The highest BCUT2D eigenvalue weighted by Gasteiger charge is 2.12. The lowest BCUT2D eigenvalue weighted by Crippen LogP contribution is -2.10. The molecule has 0 aliphatic carbocycles. The summed E-state index contributed by atoms with van der Waals surface area (Å²) in [6.07, 6.45) is 0.968. The van der Waals surface area contributed by atoms with Gasteiger partial charge in [-0.2, -0.15) is 11.8 Å². The number of ether oxygens (including phenoxy) is 1. The zero-order valence-electron chi connectivity index (χ0n) is 10.7. The minimum Gasteiger partial charge on any atom is -0.465 e. The first-order valence-corrected chi connectivity index (χ1v) is 7.04. The highest BCUT2D eigenvalue weighted by Crippen LogP contribution is 2.18. The second-order valence-electron chi connectivity index (χ2n) is 3.66. The molecule has 1 aromatic carbocycles. The van der Waals surface area contributed by atoms with E-state index in [0.717, 1.165) is 17.9 Å². The van der Waals surface area contributed by atoms with Gasteiger partial charge >= 0.3 is 5.97 Å². The van der Waals surface area contributed by atoms with Gasteiger partial charge in [0.2, 0.25) is 0 Å². The van der Waals surface area contributed by atoms with E-state index >= 15 is 0 Å². The maximum absolute atomic E-state index is 13.1. The van der Waals surface area contributed by atoms with Gasteiger partial charge in [0.15, 0.2) is 0 Å². The van der Waals surface area contributed by atoms with Crippen LogP contribution >= 0.6 is 11.8 Å². The molecule has 0 heterocycles. The number of nitrogens with one attached hydrogen (secondary N) is 1. The predicted molar refractivity (Wildman–Crippen MR) is 73.8 cm³/mol. The van der Waals surface area contributed by atoms with Crippen LogP contribution < -0.4 is 5.32 Å². The standard InChI is InChI=1S/C13H18FNO2S/c1-3-18-8-4-7-15-12-9-10(14)5-6-11(12)13(16)17-2/h5-6,9,15H,3-4,7-8H2,1-2H3. The molecule has 0 atom stereocenters. The Hall–Kier alpha value is -1.23. The molecule has 0 saturated carbocycles. The zero-order chi connectivity index (χ0) is 13.4. The van der Waals surface area contributed by atoms with Crippen molar-refractivity contribution in [1.29, 1.82) is 0 Å². The van der Waals surface area contributed by atoms with Gasteiger partial charge in [-0.1, -0.05) is 6.92 Å². The smallest absolute Gasteiger partial charge is 0.339 e. The van der Waals surface area contributed by atoms with Gasteiger partial charge in [0.25, 0.3) is 0 Å². The van der Waals surface area contributed by atoms with Crippen molar-refractivity contribution in [2.75, 3.05) is 30.5 Å². The van der Waals surface area contributed by atoms with E-state index in [9.17, 15) is 9.18 Å². The van der Waals surface area contributed by atoms with Crippen LogP contribution in [0.15, 0.2) is 18.2 Å². The molecule has 0 saturated heterocycles. The summed E-state index contributed by atoms with van der Waals surface area (Å²) in [5.41, 5.74) is 0.852. The Kier molecular flexibility index (Phi) is 6.57. The van der Waals surface area contributed by atoms with E-state index in [0.29, 0.717) is 17.8 Å². The molecule has 1 N–H and O–H groups in total. The number of thioether (sulfide) groups is 1. The average Bonchev–Trinajstić information content (AvgIpc) is 2.38. The molecule has 1 aromatic rings. The summed E-state index contributed by atoms with van der Waals surface area (Å²) in [6, 6.07) is 4.01. The molecule has 0 fully saturated rings. The molecule has 0 aliphatic rings. The second-order valence-corrected chi connectivity index (χ2v) is 5.05. The van der Waals surface area contributed by atoms with Crippen molar-refractivity contribution >= 4 is 23.4 Å². The highest BCUT2D eigenvalue weighted by atomic mass is 32.2. The van der Waals surface area contributed by atoms with E-state index in [1.165, 1.54) is 25.3 Å². The Morgan fingerprint density at radius 1 is 1.50 bits per heavy atom. The summed E-state index contributed by atoms with van der Waals surface area (Å²) in [6.45, 7) is 2.82. The van der Waals surface area contributed by atoms with Crippen molar-refractivity contribution in [2.45, 2.75) is 13.3 Å². The molecule has 1 rings (SSSR count). The molecule has 0 bridgehead atoms. The topological polar surface area (TPSA) is 38.3 Å². The number of esters is 1. The van der Waals surface area contributed by atoms with Crippen molar-refractivity contribution in [3.63, 3.8) is 0 Å². The first-order valence-electron chi connectivity index (χ1n) is 5.88. The number of benzene rings is 1. The Labute approximate surface area is 111 Å². The van der Waals surface area contributed by atoms with Gasteiger partial charge < -0.3 is 10.1 Å². The second kappa shape index (κ2) is 7.97. The van der Waals surface area contributed by atoms with E-state index in [1.54, 1.807) is 0 Å². The van der Waals surface area contributed by atoms with Crippen molar-refractivity contribution in [3.05, 3.63) is 29.6 Å². The summed E-state index contributed by atoms with van der Waals surface area (Å²) in [5.74, 6) is 1.31. The number of methoxy groups -OCH3 is 1. The van der Waals surface area contributed by atoms with Crippen LogP contribution in [-0.2, 0) is 4.74 Å². The lowest BCUT2D eigenvalue weighted by Gasteiger charge is -2.10. The molecular formula is C13H18FNO2S. The van der Waals surface area contributed by atoms with Gasteiger partial charge in [0.05, 0.1) is 18.4 Å². The van der Waals surface area contributed by atoms with Crippen LogP contribution in [0.4, 0.5) is 10.1 Å². The number of carbonyl (C=O) groups is 1. The van der Waals surface area contributed by atoms with E-state index in [1.807, 2.05) is 11.8 Å². The summed E-state index contributed by atoms with van der Waals surface area (Å²) in [7, 11) is 1.31. The zero-order valence-corrected chi connectivity index (χ0v) is 11.5. The molecular weight excluding hydrogens is 253 g/mol. The van der Waals surface area contributed by atoms with Crippen molar-refractivity contribution in [3.8, 4) is 0 Å². The molecule has 0 radical (unpaired) electrons. The number of hydrogen-bond acceptors (Lipinski definition) is 4. The third-order valence-corrected chi connectivity index (χ3v) is 3.36. The van der Waals surface area contributed by atoms with Gasteiger partial charge in [0, 0.05) is 6.54 Å². The van der Waals surface area contributed by atoms with Gasteiger partial charge in [0.1, 0.15) is 5.82 Å². The van der Waals surface area contributed by atoms with E-state index in [4.69, 9.17) is 0 Å².